The van der Waals surface area contributed by atoms with Crippen molar-refractivity contribution >= 4 is 11.7 Å². The number of nitrogens with zero attached hydrogens (tertiary/aromatic N) is 1. The van der Waals surface area contributed by atoms with Gasteiger partial charge in [0.1, 0.15) is 24.5 Å². The zero-order valence-corrected chi connectivity index (χ0v) is 12.5. The summed E-state index contributed by atoms with van der Waals surface area (Å²) < 4.78 is 20.6. The molecule has 0 unspecified atom stereocenters. The molecule has 0 aromatic heterocycles. The number of ether oxygens (including phenoxy) is 4. The SMILES string of the molecule is O=C(OCCOc1ccccc1)c1cc2c(cc1[N+](=O)[O-])OCO2. The largest absolute Gasteiger partial charge is 0.490 e. The Balaban J connectivity index is 1.63. The molecule has 0 fully saturated rings. The maximum Gasteiger partial charge on any atom is 0.345 e. The van der Waals surface area contributed by atoms with Crippen molar-refractivity contribution in [3.8, 4) is 17.2 Å². The van der Waals surface area contributed by atoms with Crippen LogP contribution in [-0.4, -0.2) is 30.9 Å². The minimum absolute atomic E-state index is 0.0423. The van der Waals surface area contributed by atoms with E-state index in [1.165, 1.54) is 6.07 Å². The van der Waals surface area contributed by atoms with E-state index in [0.717, 1.165) is 6.07 Å². The number of para-hydroxylation sites is 1. The lowest BCUT2D eigenvalue weighted by Crippen LogP contribution is -2.13. The third kappa shape index (κ3) is 3.37. The molecule has 0 atom stereocenters. The molecule has 3 rings (SSSR count). The molecule has 0 amide bonds. The van der Waals surface area contributed by atoms with E-state index in [1.54, 1.807) is 12.1 Å². The first-order valence-corrected chi connectivity index (χ1v) is 7.08. The van der Waals surface area contributed by atoms with Crippen LogP contribution in [0.2, 0.25) is 0 Å². The number of hydrogen-bond acceptors (Lipinski definition) is 7. The summed E-state index contributed by atoms with van der Waals surface area (Å²) >= 11 is 0. The highest BCUT2D eigenvalue weighted by atomic mass is 16.7. The molecule has 0 radical (unpaired) electrons. The molecule has 8 heteroatoms. The number of nitro groups is 1. The summed E-state index contributed by atoms with van der Waals surface area (Å²) in [4.78, 5) is 22.6. The second-order valence-corrected chi connectivity index (χ2v) is 4.78. The summed E-state index contributed by atoms with van der Waals surface area (Å²) in [5.74, 6) is 0.318. The Kier molecular flexibility index (Phi) is 4.46. The van der Waals surface area contributed by atoms with E-state index in [1.807, 2.05) is 18.2 Å². The number of nitro benzene ring substituents is 1. The fraction of sp³-hybridized carbons (Fsp3) is 0.188. The van der Waals surface area contributed by atoms with Crippen LogP contribution in [0.15, 0.2) is 42.5 Å². The molecule has 24 heavy (non-hydrogen) atoms. The normalized spacial score (nSPS) is 11.8. The molecular weight excluding hydrogens is 318 g/mol. The van der Waals surface area contributed by atoms with Crippen molar-refractivity contribution in [2.45, 2.75) is 0 Å². The summed E-state index contributed by atoms with van der Waals surface area (Å²) in [6.07, 6.45) is 0. The number of benzene rings is 2. The van der Waals surface area contributed by atoms with Gasteiger partial charge in [-0.25, -0.2) is 4.79 Å². The molecule has 0 aliphatic carbocycles. The third-order valence-electron chi connectivity index (χ3n) is 3.24. The van der Waals surface area contributed by atoms with Gasteiger partial charge in [-0.05, 0) is 12.1 Å². The summed E-state index contributed by atoms with van der Waals surface area (Å²) in [6.45, 7) is 0.0450. The van der Waals surface area contributed by atoms with Gasteiger partial charge in [0.2, 0.25) is 6.79 Å². The van der Waals surface area contributed by atoms with Crippen LogP contribution < -0.4 is 14.2 Å². The molecule has 0 saturated carbocycles. The Labute approximate surface area is 136 Å². The number of rotatable bonds is 6. The maximum absolute atomic E-state index is 12.1. The second kappa shape index (κ2) is 6.86. The molecule has 124 valence electrons. The molecule has 8 nitrogen and oxygen atoms in total. The monoisotopic (exact) mass is 331 g/mol. The first-order valence-electron chi connectivity index (χ1n) is 7.08. The molecule has 2 aromatic carbocycles. The van der Waals surface area contributed by atoms with Crippen LogP contribution in [0.4, 0.5) is 5.69 Å². The Hall–Kier alpha value is -3.29. The zero-order chi connectivity index (χ0) is 16.9. The minimum atomic E-state index is -0.823. The lowest BCUT2D eigenvalue weighted by Gasteiger charge is -2.08. The summed E-state index contributed by atoms with van der Waals surface area (Å²) in [7, 11) is 0. The van der Waals surface area contributed by atoms with Gasteiger partial charge in [0, 0.05) is 6.07 Å². The number of hydrogen-bond donors (Lipinski definition) is 0. The fourth-order valence-corrected chi connectivity index (χ4v) is 2.13. The average molecular weight is 331 g/mol. The molecule has 1 heterocycles. The maximum atomic E-state index is 12.1. The van der Waals surface area contributed by atoms with E-state index in [9.17, 15) is 14.9 Å². The lowest BCUT2D eigenvalue weighted by atomic mass is 10.1. The van der Waals surface area contributed by atoms with Gasteiger partial charge in [-0.3, -0.25) is 10.1 Å². The van der Waals surface area contributed by atoms with Crippen LogP contribution >= 0.6 is 0 Å². The molecule has 2 aromatic rings. The first kappa shape index (κ1) is 15.6. The Bertz CT molecular complexity index is 761. The number of esters is 1. The van der Waals surface area contributed by atoms with Gasteiger partial charge in [0.25, 0.3) is 5.69 Å². The van der Waals surface area contributed by atoms with E-state index in [-0.39, 0.29) is 37.1 Å². The number of fused-ring (bicyclic) bond motifs is 1. The zero-order valence-electron chi connectivity index (χ0n) is 12.5. The number of carbonyl (C=O) groups excluding carboxylic acids is 1. The van der Waals surface area contributed by atoms with Crippen LogP contribution in [-0.2, 0) is 4.74 Å². The van der Waals surface area contributed by atoms with E-state index < -0.39 is 16.6 Å². The van der Waals surface area contributed by atoms with Crippen molar-refractivity contribution in [3.63, 3.8) is 0 Å². The quantitative estimate of drug-likeness (QED) is 0.347. The summed E-state index contributed by atoms with van der Waals surface area (Å²) in [6, 6.07) is 11.4. The van der Waals surface area contributed by atoms with Crippen LogP contribution in [0, 0.1) is 10.1 Å². The Morgan fingerprint density at radius 2 is 1.83 bits per heavy atom. The molecule has 0 saturated heterocycles. The van der Waals surface area contributed by atoms with Gasteiger partial charge in [0.15, 0.2) is 11.5 Å². The third-order valence-corrected chi connectivity index (χ3v) is 3.24. The predicted octanol–water partition coefficient (Wildman–Crippen LogP) is 2.56. The van der Waals surface area contributed by atoms with Gasteiger partial charge in [-0.2, -0.15) is 0 Å². The fourth-order valence-electron chi connectivity index (χ4n) is 2.13. The molecular formula is C16H13NO7. The highest BCUT2D eigenvalue weighted by Gasteiger charge is 2.28. The van der Waals surface area contributed by atoms with Gasteiger partial charge in [-0.15, -0.1) is 0 Å². The highest BCUT2D eigenvalue weighted by molar-refractivity contribution is 5.95. The minimum Gasteiger partial charge on any atom is -0.490 e. The van der Waals surface area contributed by atoms with Crippen LogP contribution in [0.3, 0.4) is 0 Å². The van der Waals surface area contributed by atoms with Crippen LogP contribution in [0.1, 0.15) is 10.4 Å². The second-order valence-electron chi connectivity index (χ2n) is 4.78. The molecule has 0 spiro atoms. The Morgan fingerprint density at radius 1 is 1.12 bits per heavy atom. The lowest BCUT2D eigenvalue weighted by molar-refractivity contribution is -0.385. The Morgan fingerprint density at radius 3 is 2.54 bits per heavy atom. The van der Waals surface area contributed by atoms with E-state index >= 15 is 0 Å². The van der Waals surface area contributed by atoms with Gasteiger partial charge < -0.3 is 18.9 Å². The standard InChI is InChI=1S/C16H13NO7/c18-16(22-7-6-21-11-4-2-1-3-5-11)12-8-14-15(24-10-23-14)9-13(12)17(19)20/h1-5,8-9H,6-7,10H2. The molecule has 0 bridgehead atoms. The van der Waals surface area contributed by atoms with Crippen molar-refractivity contribution < 1.29 is 28.7 Å². The molecule has 0 N–H and O–H groups in total. The van der Waals surface area contributed by atoms with E-state index in [0.29, 0.717) is 5.75 Å². The number of carbonyl (C=O) groups is 1. The van der Waals surface area contributed by atoms with Crippen molar-refractivity contribution in [2.24, 2.45) is 0 Å². The summed E-state index contributed by atoms with van der Waals surface area (Å²) in [5.41, 5.74) is -0.586. The summed E-state index contributed by atoms with van der Waals surface area (Å²) in [5, 5.41) is 11.1. The molecule has 1 aliphatic rings. The van der Waals surface area contributed by atoms with Gasteiger partial charge in [0.05, 0.1) is 11.0 Å². The van der Waals surface area contributed by atoms with Gasteiger partial charge in [-0.1, -0.05) is 18.2 Å². The topological polar surface area (TPSA) is 97.1 Å². The predicted molar refractivity (Wildman–Crippen MR) is 81.4 cm³/mol. The van der Waals surface area contributed by atoms with Crippen LogP contribution in [0.5, 0.6) is 17.2 Å². The first-order chi connectivity index (χ1) is 11.6. The van der Waals surface area contributed by atoms with Crippen LogP contribution in [0.25, 0.3) is 0 Å². The van der Waals surface area contributed by atoms with Gasteiger partial charge >= 0.3 is 5.97 Å². The highest BCUT2D eigenvalue weighted by Crippen LogP contribution is 2.38. The van der Waals surface area contributed by atoms with Crippen molar-refractivity contribution in [1.29, 1.82) is 0 Å². The smallest absolute Gasteiger partial charge is 0.345 e. The van der Waals surface area contributed by atoms with Crippen molar-refractivity contribution in [1.82, 2.24) is 0 Å². The molecule has 1 aliphatic heterocycles. The van der Waals surface area contributed by atoms with Crippen molar-refractivity contribution in [3.05, 3.63) is 58.1 Å². The van der Waals surface area contributed by atoms with Crippen molar-refractivity contribution in [2.75, 3.05) is 20.0 Å². The van der Waals surface area contributed by atoms with E-state index in [2.05, 4.69) is 0 Å². The average Bonchev–Trinajstić information content (AvgIpc) is 3.05. The van der Waals surface area contributed by atoms with E-state index in [4.69, 9.17) is 18.9 Å².